The Hall–Kier alpha value is -1.12. The number of hydrogen-bond donors (Lipinski definition) is 2. The first-order valence-corrected chi connectivity index (χ1v) is 10.8. The van der Waals surface area contributed by atoms with E-state index in [4.69, 9.17) is 4.74 Å². The van der Waals surface area contributed by atoms with Gasteiger partial charge in [-0.15, -0.1) is 24.0 Å². The van der Waals surface area contributed by atoms with E-state index >= 15 is 0 Å². The van der Waals surface area contributed by atoms with Gasteiger partial charge in [0, 0.05) is 32.8 Å². The largest absolute Gasteiger partial charge is 0.511 e. The third-order valence-electron chi connectivity index (χ3n) is 4.64. The van der Waals surface area contributed by atoms with Crippen LogP contribution in [0.1, 0.15) is 31.4 Å². The minimum Gasteiger partial charge on any atom is -0.375 e. The first-order chi connectivity index (χ1) is 13.7. The van der Waals surface area contributed by atoms with Crippen molar-refractivity contribution in [2.75, 3.05) is 33.3 Å². The highest BCUT2D eigenvalue weighted by molar-refractivity contribution is 14.0. The van der Waals surface area contributed by atoms with Crippen LogP contribution in [0.3, 0.4) is 0 Å². The minimum absolute atomic E-state index is 0. The summed E-state index contributed by atoms with van der Waals surface area (Å²) in [6.07, 6.45) is 0.281. The Bertz CT molecular complexity index is 771. The van der Waals surface area contributed by atoms with E-state index in [1.807, 2.05) is 37.3 Å². The summed E-state index contributed by atoms with van der Waals surface area (Å²) < 4.78 is 67.1. The van der Waals surface area contributed by atoms with Crippen molar-refractivity contribution in [2.24, 2.45) is 4.99 Å². The molecule has 2 N–H and O–H groups in total. The first-order valence-electron chi connectivity index (χ1n) is 9.38. The summed E-state index contributed by atoms with van der Waals surface area (Å²) in [5.74, 6) is 0.516. The van der Waals surface area contributed by atoms with Crippen LogP contribution in [0.2, 0.25) is 0 Å². The van der Waals surface area contributed by atoms with E-state index in [-0.39, 0.29) is 62.1 Å². The van der Waals surface area contributed by atoms with Crippen molar-refractivity contribution in [3.63, 3.8) is 0 Å². The van der Waals surface area contributed by atoms with Gasteiger partial charge in [-0.3, -0.25) is 4.99 Å². The van der Waals surface area contributed by atoms with Crippen molar-refractivity contribution in [1.29, 1.82) is 0 Å². The zero-order valence-corrected chi connectivity index (χ0v) is 20.0. The van der Waals surface area contributed by atoms with Gasteiger partial charge in [0.15, 0.2) is 5.96 Å². The highest BCUT2D eigenvalue weighted by Crippen LogP contribution is 2.29. The fourth-order valence-corrected chi connectivity index (χ4v) is 4.04. The maximum Gasteiger partial charge on any atom is 0.511 e. The number of ether oxygens (including phenoxy) is 1. The molecule has 12 heteroatoms. The van der Waals surface area contributed by atoms with Crippen LogP contribution in [-0.4, -0.2) is 63.5 Å². The summed E-state index contributed by atoms with van der Waals surface area (Å²) in [4.78, 5) is 4.52. The number of nitrogens with one attached hydrogen (secondary N) is 2. The highest BCUT2D eigenvalue weighted by Gasteiger charge is 2.50. The van der Waals surface area contributed by atoms with Crippen molar-refractivity contribution in [2.45, 2.75) is 37.4 Å². The molecule has 0 aliphatic carbocycles. The van der Waals surface area contributed by atoms with E-state index < -0.39 is 15.5 Å². The fourth-order valence-electron chi connectivity index (χ4n) is 3.06. The Morgan fingerprint density at radius 3 is 2.37 bits per heavy atom. The van der Waals surface area contributed by atoms with Gasteiger partial charge in [-0.2, -0.15) is 17.5 Å². The maximum atomic E-state index is 12.7. The lowest BCUT2D eigenvalue weighted by Crippen LogP contribution is -2.51. The Kier molecular flexibility index (Phi) is 10.8. The normalized spacial score (nSPS) is 17.8. The molecule has 1 saturated heterocycles. The number of methoxy groups -OCH3 is 1. The lowest BCUT2D eigenvalue weighted by Gasteiger charge is -2.32. The van der Waals surface area contributed by atoms with Crippen LogP contribution in [-0.2, 0) is 14.8 Å². The van der Waals surface area contributed by atoms with E-state index in [1.165, 1.54) is 0 Å². The van der Waals surface area contributed by atoms with Gasteiger partial charge in [0.05, 0.1) is 6.54 Å². The Labute approximate surface area is 192 Å². The number of alkyl halides is 3. The van der Waals surface area contributed by atoms with Gasteiger partial charge < -0.3 is 15.4 Å². The Morgan fingerprint density at radius 2 is 1.87 bits per heavy atom. The Morgan fingerprint density at radius 1 is 1.27 bits per heavy atom. The molecular weight excluding hydrogens is 536 g/mol. The van der Waals surface area contributed by atoms with Gasteiger partial charge in [0.2, 0.25) is 0 Å². The van der Waals surface area contributed by atoms with Crippen molar-refractivity contribution >= 4 is 40.0 Å². The minimum atomic E-state index is -5.27. The lowest BCUT2D eigenvalue weighted by molar-refractivity contribution is -0.0494. The average Bonchev–Trinajstić information content (AvgIpc) is 2.69. The predicted molar refractivity (Wildman–Crippen MR) is 120 cm³/mol. The fraction of sp³-hybridized carbons (Fsp3) is 0.611. The topological polar surface area (TPSA) is 83.0 Å². The summed E-state index contributed by atoms with van der Waals surface area (Å²) in [7, 11) is -3.67. The average molecular weight is 564 g/mol. The molecule has 1 aliphatic rings. The molecule has 1 atom stereocenters. The quantitative estimate of drug-likeness (QED) is 0.303. The lowest BCUT2D eigenvalue weighted by atomic mass is 10.1. The van der Waals surface area contributed by atoms with Gasteiger partial charge in [-0.25, -0.2) is 8.42 Å². The van der Waals surface area contributed by atoms with Gasteiger partial charge in [-0.1, -0.05) is 30.3 Å². The van der Waals surface area contributed by atoms with Gasteiger partial charge in [0.25, 0.3) is 0 Å². The molecule has 30 heavy (non-hydrogen) atoms. The SMILES string of the molecule is CCNC(=NCC(OC)c1ccccc1)NC1CCN(S(=O)(=O)C(F)(F)F)CC1.I. The first kappa shape index (κ1) is 26.9. The van der Waals surface area contributed by atoms with Crippen molar-refractivity contribution in [1.82, 2.24) is 14.9 Å². The van der Waals surface area contributed by atoms with Crippen molar-refractivity contribution < 1.29 is 26.3 Å². The highest BCUT2D eigenvalue weighted by atomic mass is 127. The van der Waals surface area contributed by atoms with Crippen LogP contribution in [0.5, 0.6) is 0 Å². The molecule has 1 fully saturated rings. The molecule has 1 aromatic rings. The number of rotatable bonds is 7. The number of piperidine rings is 1. The van der Waals surface area contributed by atoms with E-state index in [0.717, 1.165) is 5.56 Å². The van der Waals surface area contributed by atoms with Crippen LogP contribution in [0, 0.1) is 0 Å². The van der Waals surface area contributed by atoms with E-state index in [0.29, 0.717) is 23.4 Å². The zero-order chi connectivity index (χ0) is 21.5. The second-order valence-electron chi connectivity index (χ2n) is 6.62. The molecule has 0 saturated carbocycles. The molecule has 0 bridgehead atoms. The van der Waals surface area contributed by atoms with Crippen LogP contribution in [0.15, 0.2) is 35.3 Å². The van der Waals surface area contributed by atoms with Crippen LogP contribution in [0.4, 0.5) is 13.2 Å². The van der Waals surface area contributed by atoms with Crippen LogP contribution >= 0.6 is 24.0 Å². The van der Waals surface area contributed by atoms with Crippen molar-refractivity contribution in [3.05, 3.63) is 35.9 Å². The molecule has 0 spiro atoms. The number of aliphatic imine (C=N–C) groups is 1. The summed E-state index contributed by atoms with van der Waals surface area (Å²) in [6, 6.07) is 9.46. The zero-order valence-electron chi connectivity index (χ0n) is 16.9. The van der Waals surface area contributed by atoms with Crippen LogP contribution < -0.4 is 10.6 Å². The molecule has 0 aromatic heterocycles. The second-order valence-corrected chi connectivity index (χ2v) is 8.55. The van der Waals surface area contributed by atoms with Crippen molar-refractivity contribution in [3.8, 4) is 0 Å². The third-order valence-corrected chi connectivity index (χ3v) is 6.27. The molecule has 172 valence electrons. The molecule has 7 nitrogen and oxygen atoms in total. The molecule has 1 unspecified atom stereocenters. The molecule has 0 amide bonds. The molecule has 1 heterocycles. The van der Waals surface area contributed by atoms with Gasteiger partial charge in [0.1, 0.15) is 6.10 Å². The molecule has 2 rings (SSSR count). The monoisotopic (exact) mass is 564 g/mol. The molecular formula is C18H28F3IN4O3S. The number of guanidine groups is 1. The summed E-state index contributed by atoms with van der Waals surface area (Å²) in [5.41, 5.74) is -4.28. The second kappa shape index (κ2) is 12.1. The summed E-state index contributed by atoms with van der Waals surface area (Å²) >= 11 is 0. The predicted octanol–water partition coefficient (Wildman–Crippen LogP) is 2.86. The van der Waals surface area contributed by atoms with E-state index in [2.05, 4.69) is 15.6 Å². The standard InChI is InChI=1S/C18H27F3N4O3S.HI/c1-3-22-17(23-13-16(28-2)14-7-5-4-6-8-14)24-15-9-11-25(12-10-15)29(26,27)18(19,20)21;/h4-8,15-16H,3,9-13H2,1-2H3,(H2,22,23,24);1H. The van der Waals surface area contributed by atoms with Gasteiger partial charge in [-0.05, 0) is 25.3 Å². The van der Waals surface area contributed by atoms with E-state index in [9.17, 15) is 21.6 Å². The molecule has 1 aromatic carbocycles. The number of nitrogens with zero attached hydrogens (tertiary/aromatic N) is 2. The van der Waals surface area contributed by atoms with Crippen LogP contribution in [0.25, 0.3) is 0 Å². The maximum absolute atomic E-state index is 12.7. The van der Waals surface area contributed by atoms with Gasteiger partial charge >= 0.3 is 15.5 Å². The number of halogens is 4. The number of sulfonamides is 1. The Balaban J connectivity index is 0.00000450. The van der Waals surface area contributed by atoms with E-state index in [1.54, 1.807) is 7.11 Å². The third kappa shape index (κ3) is 7.24. The summed E-state index contributed by atoms with van der Waals surface area (Å²) in [6.45, 7) is 2.49. The molecule has 0 radical (unpaired) electrons. The smallest absolute Gasteiger partial charge is 0.375 e. The number of hydrogen-bond acceptors (Lipinski definition) is 4. The summed E-state index contributed by atoms with van der Waals surface area (Å²) in [5, 5.41) is 6.28. The number of benzene rings is 1. The molecule has 1 aliphatic heterocycles.